The zero-order chi connectivity index (χ0) is 6.81. The van der Waals surface area contributed by atoms with Crippen LogP contribution >= 0.6 is 11.3 Å². The highest BCUT2D eigenvalue weighted by atomic mass is 32.1. The van der Waals surface area contributed by atoms with Crippen LogP contribution in [0.15, 0.2) is 17.5 Å². The van der Waals surface area contributed by atoms with Gasteiger partial charge >= 0.3 is 0 Å². The highest BCUT2D eigenvalue weighted by molar-refractivity contribution is 7.10. The van der Waals surface area contributed by atoms with Gasteiger partial charge in [0.25, 0.3) is 0 Å². The molecule has 1 unspecified atom stereocenters. The molecule has 3 heteroatoms. The van der Waals surface area contributed by atoms with Gasteiger partial charge in [0.05, 0.1) is 12.6 Å². The van der Waals surface area contributed by atoms with E-state index >= 15 is 0 Å². The lowest BCUT2D eigenvalue weighted by atomic mass is 10.2. The first-order valence-electron chi connectivity index (χ1n) is 3.37. The summed E-state index contributed by atoms with van der Waals surface area (Å²) in [6, 6.07) is 4.65. The molecule has 2 nitrogen and oxygen atoms in total. The summed E-state index contributed by atoms with van der Waals surface area (Å²) in [4.78, 5) is 6.41. The van der Waals surface area contributed by atoms with Crippen molar-refractivity contribution in [1.82, 2.24) is 5.48 Å². The van der Waals surface area contributed by atoms with Gasteiger partial charge in [0.2, 0.25) is 0 Å². The summed E-state index contributed by atoms with van der Waals surface area (Å²) in [6.07, 6.45) is 1.10. The SMILES string of the molecule is c1csc(C2CCON2)c1. The first-order valence-corrected chi connectivity index (χ1v) is 4.25. The van der Waals surface area contributed by atoms with E-state index in [1.54, 1.807) is 11.3 Å². The number of hydrogen-bond acceptors (Lipinski definition) is 3. The Kier molecular flexibility index (Phi) is 1.71. The molecule has 54 valence electrons. The molecule has 0 spiro atoms. The number of rotatable bonds is 1. The molecule has 1 fully saturated rings. The smallest absolute Gasteiger partial charge is 0.0701 e. The van der Waals surface area contributed by atoms with E-state index in [9.17, 15) is 0 Å². The summed E-state index contributed by atoms with van der Waals surface area (Å²) in [5, 5.41) is 2.09. The van der Waals surface area contributed by atoms with Crippen molar-refractivity contribution in [3.8, 4) is 0 Å². The minimum absolute atomic E-state index is 0.444. The Morgan fingerprint density at radius 1 is 1.70 bits per heavy atom. The standard InChI is InChI=1S/C7H9NOS/c1-2-7(10-5-1)6-3-4-9-8-6/h1-2,5-6,8H,3-4H2. The van der Waals surface area contributed by atoms with Crippen molar-refractivity contribution in [2.24, 2.45) is 0 Å². The van der Waals surface area contributed by atoms with E-state index in [1.165, 1.54) is 4.88 Å². The van der Waals surface area contributed by atoms with Crippen molar-refractivity contribution in [2.45, 2.75) is 12.5 Å². The lowest BCUT2D eigenvalue weighted by molar-refractivity contribution is 0.0888. The van der Waals surface area contributed by atoms with Crippen molar-refractivity contribution in [3.63, 3.8) is 0 Å². The van der Waals surface area contributed by atoms with Crippen LogP contribution in [-0.2, 0) is 4.84 Å². The number of thiophene rings is 1. The first-order chi connectivity index (χ1) is 4.97. The normalized spacial score (nSPS) is 25.4. The fourth-order valence-electron chi connectivity index (χ4n) is 1.09. The third-order valence-corrected chi connectivity index (χ3v) is 2.61. The second kappa shape index (κ2) is 2.70. The highest BCUT2D eigenvalue weighted by Gasteiger charge is 2.17. The molecule has 1 aliphatic rings. The first kappa shape index (κ1) is 6.34. The fourth-order valence-corrected chi connectivity index (χ4v) is 1.89. The van der Waals surface area contributed by atoms with Crippen molar-refractivity contribution in [3.05, 3.63) is 22.4 Å². The maximum atomic E-state index is 5.04. The Bertz CT molecular complexity index is 191. The van der Waals surface area contributed by atoms with Gasteiger partial charge in [-0.15, -0.1) is 11.3 Å². The predicted molar refractivity (Wildman–Crippen MR) is 40.8 cm³/mol. The van der Waals surface area contributed by atoms with Crippen LogP contribution in [0, 0.1) is 0 Å². The second-order valence-corrected chi connectivity index (χ2v) is 3.30. The van der Waals surface area contributed by atoms with E-state index < -0.39 is 0 Å². The molecular formula is C7H9NOS. The van der Waals surface area contributed by atoms with Crippen molar-refractivity contribution in [2.75, 3.05) is 6.61 Å². The topological polar surface area (TPSA) is 21.3 Å². The van der Waals surface area contributed by atoms with Crippen molar-refractivity contribution in [1.29, 1.82) is 0 Å². The van der Waals surface area contributed by atoms with Gasteiger partial charge in [-0.05, 0) is 17.9 Å². The Labute approximate surface area is 63.8 Å². The van der Waals surface area contributed by atoms with E-state index in [0.717, 1.165) is 13.0 Å². The molecule has 0 amide bonds. The maximum Gasteiger partial charge on any atom is 0.0701 e. The minimum atomic E-state index is 0.444. The number of hydrogen-bond donors (Lipinski definition) is 1. The van der Waals surface area contributed by atoms with Gasteiger partial charge in [-0.1, -0.05) is 6.07 Å². The van der Waals surface area contributed by atoms with E-state index in [2.05, 4.69) is 23.0 Å². The summed E-state index contributed by atoms with van der Waals surface area (Å²) in [5.74, 6) is 0. The minimum Gasteiger partial charge on any atom is -0.301 e. The van der Waals surface area contributed by atoms with Crippen LogP contribution in [0.5, 0.6) is 0 Å². The van der Waals surface area contributed by atoms with Gasteiger partial charge in [0, 0.05) is 4.88 Å². The van der Waals surface area contributed by atoms with Crippen LogP contribution in [0.25, 0.3) is 0 Å². The molecule has 2 heterocycles. The maximum absolute atomic E-state index is 5.04. The summed E-state index contributed by atoms with van der Waals surface area (Å²) < 4.78 is 0. The van der Waals surface area contributed by atoms with E-state index in [-0.39, 0.29) is 0 Å². The zero-order valence-corrected chi connectivity index (χ0v) is 6.36. The van der Waals surface area contributed by atoms with Gasteiger partial charge in [-0.3, -0.25) is 0 Å². The average molecular weight is 155 g/mol. The largest absolute Gasteiger partial charge is 0.301 e. The fraction of sp³-hybridized carbons (Fsp3) is 0.429. The molecule has 10 heavy (non-hydrogen) atoms. The molecule has 1 atom stereocenters. The summed E-state index contributed by atoms with van der Waals surface area (Å²) >= 11 is 1.78. The van der Waals surface area contributed by atoms with E-state index in [0.29, 0.717) is 6.04 Å². The monoisotopic (exact) mass is 155 g/mol. The predicted octanol–water partition coefficient (Wildman–Crippen LogP) is 1.71. The average Bonchev–Trinajstić information content (AvgIpc) is 2.59. The van der Waals surface area contributed by atoms with Gasteiger partial charge in [0.1, 0.15) is 0 Å². The van der Waals surface area contributed by atoms with E-state index in [1.807, 2.05) is 0 Å². The molecule has 0 aromatic carbocycles. The Hall–Kier alpha value is -0.380. The molecule has 1 saturated heterocycles. The molecule has 0 bridgehead atoms. The zero-order valence-electron chi connectivity index (χ0n) is 5.54. The second-order valence-electron chi connectivity index (χ2n) is 2.32. The molecular weight excluding hydrogens is 146 g/mol. The lowest BCUT2D eigenvalue weighted by Gasteiger charge is -2.02. The third-order valence-electron chi connectivity index (χ3n) is 1.62. The number of hydroxylamine groups is 1. The van der Waals surface area contributed by atoms with Crippen LogP contribution < -0.4 is 5.48 Å². The molecule has 1 aromatic rings. The molecule has 1 aromatic heterocycles. The van der Waals surface area contributed by atoms with Crippen LogP contribution in [-0.4, -0.2) is 6.61 Å². The van der Waals surface area contributed by atoms with Gasteiger partial charge in [-0.25, -0.2) is 0 Å². The van der Waals surface area contributed by atoms with Crippen LogP contribution in [0.2, 0.25) is 0 Å². The Morgan fingerprint density at radius 2 is 2.70 bits per heavy atom. The molecule has 0 radical (unpaired) electrons. The van der Waals surface area contributed by atoms with Crippen molar-refractivity contribution >= 4 is 11.3 Å². The quantitative estimate of drug-likeness (QED) is 0.666. The molecule has 1 N–H and O–H groups in total. The van der Waals surface area contributed by atoms with Gasteiger partial charge in [-0.2, -0.15) is 5.48 Å². The molecule has 0 saturated carbocycles. The van der Waals surface area contributed by atoms with E-state index in [4.69, 9.17) is 4.84 Å². The van der Waals surface area contributed by atoms with Gasteiger partial charge in [0.15, 0.2) is 0 Å². The molecule has 0 aliphatic carbocycles. The Balaban J connectivity index is 2.12. The van der Waals surface area contributed by atoms with Gasteiger partial charge < -0.3 is 4.84 Å². The number of nitrogens with one attached hydrogen (secondary N) is 1. The molecule has 1 aliphatic heterocycles. The van der Waals surface area contributed by atoms with Crippen molar-refractivity contribution < 1.29 is 4.84 Å². The summed E-state index contributed by atoms with van der Waals surface area (Å²) in [5.41, 5.74) is 2.97. The van der Waals surface area contributed by atoms with Crippen LogP contribution in [0.1, 0.15) is 17.3 Å². The highest BCUT2D eigenvalue weighted by Crippen LogP contribution is 2.24. The summed E-state index contributed by atoms with van der Waals surface area (Å²) in [6.45, 7) is 0.836. The Morgan fingerprint density at radius 3 is 3.30 bits per heavy atom. The van der Waals surface area contributed by atoms with Crippen LogP contribution in [0.4, 0.5) is 0 Å². The lowest BCUT2D eigenvalue weighted by Crippen LogP contribution is -2.09. The van der Waals surface area contributed by atoms with Crippen LogP contribution in [0.3, 0.4) is 0 Å². The molecule has 2 rings (SSSR count). The summed E-state index contributed by atoms with van der Waals surface area (Å²) in [7, 11) is 0. The third kappa shape index (κ3) is 1.08.